The molecule has 5 nitrogen and oxygen atoms in total. The van der Waals surface area contributed by atoms with E-state index in [4.69, 9.17) is 4.74 Å². The van der Waals surface area contributed by atoms with E-state index in [0.29, 0.717) is 24.8 Å². The van der Waals surface area contributed by atoms with Gasteiger partial charge >= 0.3 is 6.18 Å². The molecule has 0 amide bonds. The standard InChI is InChI=1S/C21H31F3N4O/c1-3-18(29-19-6-4-5-16(11-19)21(22,23)24)13-27-20(25-2)26-12-15-9-10-28(14-15)17-7-8-17/h4-6,11,15,17-18H,3,7-10,12-14H2,1-2H3,(H2,25,26,27). The number of likely N-dealkylation sites (tertiary alicyclic amines) is 1. The lowest BCUT2D eigenvalue weighted by Gasteiger charge is -2.21. The van der Waals surface area contributed by atoms with E-state index in [-0.39, 0.29) is 11.9 Å². The highest BCUT2D eigenvalue weighted by Gasteiger charge is 2.34. The van der Waals surface area contributed by atoms with Crippen molar-refractivity contribution in [3.63, 3.8) is 0 Å². The summed E-state index contributed by atoms with van der Waals surface area (Å²) in [5, 5.41) is 6.61. The maximum atomic E-state index is 12.9. The highest BCUT2D eigenvalue weighted by molar-refractivity contribution is 5.79. The monoisotopic (exact) mass is 412 g/mol. The maximum Gasteiger partial charge on any atom is 0.416 e. The zero-order chi connectivity index (χ0) is 20.9. The number of guanidine groups is 1. The molecule has 2 atom stereocenters. The number of alkyl halides is 3. The van der Waals surface area contributed by atoms with Gasteiger partial charge in [0.05, 0.1) is 12.1 Å². The van der Waals surface area contributed by atoms with Gasteiger partial charge in [0.25, 0.3) is 0 Å². The van der Waals surface area contributed by atoms with Crippen LogP contribution in [0.1, 0.15) is 38.2 Å². The summed E-state index contributed by atoms with van der Waals surface area (Å²) in [7, 11) is 1.72. The van der Waals surface area contributed by atoms with Crippen molar-refractivity contribution in [3.8, 4) is 5.75 Å². The van der Waals surface area contributed by atoms with Crippen LogP contribution in [0.2, 0.25) is 0 Å². The average molecular weight is 412 g/mol. The van der Waals surface area contributed by atoms with Gasteiger partial charge in [-0.3, -0.25) is 4.99 Å². The molecule has 0 spiro atoms. The third kappa shape index (κ3) is 6.52. The molecule has 1 aromatic rings. The molecular weight excluding hydrogens is 381 g/mol. The van der Waals surface area contributed by atoms with E-state index in [0.717, 1.165) is 31.3 Å². The first-order chi connectivity index (χ1) is 13.9. The van der Waals surface area contributed by atoms with Crippen LogP contribution in [-0.2, 0) is 6.18 Å². The summed E-state index contributed by atoms with van der Waals surface area (Å²) >= 11 is 0. The lowest BCUT2D eigenvalue weighted by molar-refractivity contribution is -0.137. The van der Waals surface area contributed by atoms with Crippen molar-refractivity contribution in [2.45, 2.75) is 50.9 Å². The molecular formula is C21H31F3N4O. The van der Waals surface area contributed by atoms with Crippen molar-refractivity contribution in [1.29, 1.82) is 0 Å². The summed E-state index contributed by atoms with van der Waals surface area (Å²) in [5.74, 6) is 1.54. The summed E-state index contributed by atoms with van der Waals surface area (Å²) in [6.07, 6.45) is -0.0772. The Morgan fingerprint density at radius 3 is 2.72 bits per heavy atom. The highest BCUT2D eigenvalue weighted by Crippen LogP contribution is 2.32. The lowest BCUT2D eigenvalue weighted by Crippen LogP contribution is -2.44. The second-order valence-electron chi connectivity index (χ2n) is 7.89. The van der Waals surface area contributed by atoms with E-state index in [1.165, 1.54) is 31.9 Å². The van der Waals surface area contributed by atoms with Crippen LogP contribution in [0.15, 0.2) is 29.3 Å². The molecule has 1 aliphatic heterocycles. The minimum atomic E-state index is -4.37. The van der Waals surface area contributed by atoms with Gasteiger partial charge in [-0.1, -0.05) is 13.0 Å². The van der Waals surface area contributed by atoms with Crippen LogP contribution in [0, 0.1) is 5.92 Å². The fourth-order valence-electron chi connectivity index (χ4n) is 3.68. The molecule has 1 saturated carbocycles. The summed E-state index contributed by atoms with van der Waals surface area (Å²) in [6.45, 7) is 5.61. The van der Waals surface area contributed by atoms with Crippen molar-refractivity contribution in [2.75, 3.05) is 33.2 Å². The Morgan fingerprint density at radius 2 is 2.07 bits per heavy atom. The first-order valence-electron chi connectivity index (χ1n) is 10.4. The van der Waals surface area contributed by atoms with E-state index in [2.05, 4.69) is 20.5 Å². The van der Waals surface area contributed by atoms with Crippen LogP contribution < -0.4 is 15.4 Å². The Bertz CT molecular complexity index is 691. The van der Waals surface area contributed by atoms with E-state index in [1.54, 1.807) is 13.1 Å². The Kier molecular flexibility index (Phi) is 7.27. The molecule has 29 heavy (non-hydrogen) atoms. The van der Waals surface area contributed by atoms with Crippen molar-refractivity contribution in [1.82, 2.24) is 15.5 Å². The summed E-state index contributed by atoms with van der Waals surface area (Å²) in [5.41, 5.74) is -0.702. The number of nitrogens with one attached hydrogen (secondary N) is 2. The fourth-order valence-corrected chi connectivity index (χ4v) is 3.68. The van der Waals surface area contributed by atoms with E-state index < -0.39 is 11.7 Å². The molecule has 162 valence electrons. The zero-order valence-corrected chi connectivity index (χ0v) is 17.1. The molecule has 1 heterocycles. The number of nitrogens with zero attached hydrogens (tertiary/aromatic N) is 2. The minimum Gasteiger partial charge on any atom is -0.489 e. The molecule has 1 aliphatic carbocycles. The second kappa shape index (κ2) is 9.69. The summed E-state index contributed by atoms with van der Waals surface area (Å²) < 4.78 is 44.4. The fraction of sp³-hybridized carbons (Fsp3) is 0.667. The SMILES string of the molecule is CCC(CNC(=NC)NCC1CCN(C2CC2)C1)Oc1cccc(C(F)(F)F)c1. The van der Waals surface area contributed by atoms with E-state index in [9.17, 15) is 13.2 Å². The first kappa shape index (κ1) is 21.7. The van der Waals surface area contributed by atoms with Crippen molar-refractivity contribution in [2.24, 2.45) is 10.9 Å². The molecule has 0 aromatic heterocycles. The molecule has 8 heteroatoms. The quantitative estimate of drug-likeness (QED) is 0.507. The van der Waals surface area contributed by atoms with Gasteiger partial charge in [-0.05, 0) is 56.3 Å². The smallest absolute Gasteiger partial charge is 0.416 e. The van der Waals surface area contributed by atoms with Gasteiger partial charge in [-0.15, -0.1) is 0 Å². The number of hydrogen-bond acceptors (Lipinski definition) is 3. The number of halogens is 3. The van der Waals surface area contributed by atoms with Gasteiger partial charge in [0, 0.05) is 26.2 Å². The highest BCUT2D eigenvalue weighted by atomic mass is 19.4. The molecule has 2 aliphatic rings. The summed E-state index contributed by atoms with van der Waals surface area (Å²) in [6, 6.07) is 5.82. The molecule has 2 N–H and O–H groups in total. The third-order valence-corrected chi connectivity index (χ3v) is 5.58. The van der Waals surface area contributed by atoms with Crippen LogP contribution in [0.3, 0.4) is 0 Å². The van der Waals surface area contributed by atoms with Crippen LogP contribution in [0.4, 0.5) is 13.2 Å². The van der Waals surface area contributed by atoms with Crippen LogP contribution in [-0.4, -0.2) is 56.2 Å². The molecule has 2 unspecified atom stereocenters. The predicted molar refractivity (Wildman–Crippen MR) is 108 cm³/mol. The maximum absolute atomic E-state index is 12.9. The number of ether oxygens (including phenoxy) is 1. The number of aliphatic imine (C=N–C) groups is 1. The average Bonchev–Trinajstić information content (AvgIpc) is 3.45. The van der Waals surface area contributed by atoms with Crippen molar-refractivity contribution >= 4 is 5.96 Å². The molecule has 1 aromatic carbocycles. The second-order valence-corrected chi connectivity index (χ2v) is 7.89. The van der Waals surface area contributed by atoms with Gasteiger partial charge in [-0.25, -0.2) is 0 Å². The van der Waals surface area contributed by atoms with E-state index >= 15 is 0 Å². The van der Waals surface area contributed by atoms with Crippen LogP contribution in [0.5, 0.6) is 5.75 Å². The Balaban J connectivity index is 1.44. The zero-order valence-electron chi connectivity index (χ0n) is 17.1. The lowest BCUT2D eigenvalue weighted by atomic mass is 10.1. The van der Waals surface area contributed by atoms with Gasteiger partial charge in [0.2, 0.25) is 0 Å². The molecule has 3 rings (SSSR count). The van der Waals surface area contributed by atoms with Crippen molar-refractivity contribution in [3.05, 3.63) is 29.8 Å². The Hall–Kier alpha value is -1.96. The van der Waals surface area contributed by atoms with Gasteiger partial charge in [0.1, 0.15) is 11.9 Å². The van der Waals surface area contributed by atoms with E-state index in [1.807, 2.05) is 6.92 Å². The topological polar surface area (TPSA) is 48.9 Å². The Morgan fingerprint density at radius 1 is 1.28 bits per heavy atom. The van der Waals surface area contributed by atoms with Gasteiger partial charge in [-0.2, -0.15) is 13.2 Å². The Labute approximate surface area is 170 Å². The third-order valence-electron chi connectivity index (χ3n) is 5.58. The van der Waals surface area contributed by atoms with Gasteiger partial charge < -0.3 is 20.3 Å². The number of benzene rings is 1. The first-order valence-corrected chi connectivity index (χ1v) is 10.4. The van der Waals surface area contributed by atoms with Crippen LogP contribution >= 0.6 is 0 Å². The summed E-state index contributed by atoms with van der Waals surface area (Å²) in [4.78, 5) is 6.83. The van der Waals surface area contributed by atoms with Gasteiger partial charge in [0.15, 0.2) is 5.96 Å². The molecule has 2 fully saturated rings. The molecule has 0 radical (unpaired) electrons. The largest absolute Gasteiger partial charge is 0.489 e. The number of rotatable bonds is 8. The predicted octanol–water partition coefficient (Wildman–Crippen LogP) is 3.51. The minimum absolute atomic E-state index is 0.225. The number of hydrogen-bond donors (Lipinski definition) is 2. The normalized spacial score (nSPS) is 21.8. The van der Waals surface area contributed by atoms with Crippen molar-refractivity contribution < 1.29 is 17.9 Å². The molecule has 1 saturated heterocycles. The van der Waals surface area contributed by atoms with Crippen LogP contribution in [0.25, 0.3) is 0 Å². The molecule has 0 bridgehead atoms.